The van der Waals surface area contributed by atoms with Crippen LogP contribution in [0.25, 0.3) is 11.3 Å². The third kappa shape index (κ3) is 7.23. The number of H-pyrrole nitrogens is 1. The van der Waals surface area contributed by atoms with Gasteiger partial charge in [0.05, 0.1) is 5.69 Å². The summed E-state index contributed by atoms with van der Waals surface area (Å²) in [5, 5.41) is 22.9. The van der Waals surface area contributed by atoms with Gasteiger partial charge in [-0.2, -0.15) is 5.10 Å². The van der Waals surface area contributed by atoms with Crippen LogP contribution in [0, 0.1) is 5.41 Å². The van der Waals surface area contributed by atoms with Crippen molar-refractivity contribution in [2.75, 3.05) is 39.8 Å². The number of carbonyl (C=O) groups excluding carboxylic acids is 1. The van der Waals surface area contributed by atoms with Crippen LogP contribution in [0.2, 0.25) is 5.04 Å². The Bertz CT molecular complexity index is 2020. The molecule has 2 aromatic heterocycles. The lowest BCUT2D eigenvalue weighted by Gasteiger charge is -2.55. The van der Waals surface area contributed by atoms with Crippen LogP contribution in [0.3, 0.4) is 0 Å². The summed E-state index contributed by atoms with van der Waals surface area (Å²) in [5.41, 5.74) is 4.02. The van der Waals surface area contributed by atoms with Crippen molar-refractivity contribution < 1.29 is 14.3 Å². The van der Waals surface area contributed by atoms with Crippen molar-refractivity contribution in [1.29, 1.82) is 0 Å². The minimum atomic E-state index is -2.81. The zero-order valence-electron chi connectivity index (χ0n) is 33.5. The van der Waals surface area contributed by atoms with Gasteiger partial charge in [-0.25, -0.2) is 0 Å². The molecule has 288 valence electrons. The van der Waals surface area contributed by atoms with Crippen LogP contribution in [-0.2, 0) is 14.8 Å². The molecule has 0 bridgehead atoms. The lowest BCUT2D eigenvalue weighted by molar-refractivity contribution is -0.134. The van der Waals surface area contributed by atoms with Crippen molar-refractivity contribution in [2.24, 2.45) is 5.41 Å². The van der Waals surface area contributed by atoms with E-state index in [0.717, 1.165) is 54.0 Å². The molecule has 4 heterocycles. The van der Waals surface area contributed by atoms with E-state index in [2.05, 4.69) is 149 Å². The second-order valence-corrected chi connectivity index (χ2v) is 21.8. The monoisotopic (exact) mass is 755 g/mol. The Kier molecular flexibility index (Phi) is 10.8. The molecule has 7 rings (SSSR count). The number of pyridine rings is 1. The molecule has 0 spiro atoms. The summed E-state index contributed by atoms with van der Waals surface area (Å²) >= 11 is 0. The van der Waals surface area contributed by atoms with Gasteiger partial charge in [0.25, 0.3) is 8.32 Å². The Morgan fingerprint density at radius 3 is 2.05 bits per heavy atom. The molecule has 1 amide bonds. The van der Waals surface area contributed by atoms with E-state index in [0.29, 0.717) is 19.0 Å². The molecule has 0 radical (unpaired) electrons. The lowest BCUT2D eigenvalue weighted by atomic mass is 9.62. The largest absolute Gasteiger partial charge is 0.398 e. The van der Waals surface area contributed by atoms with Crippen molar-refractivity contribution in [3.63, 3.8) is 0 Å². The first-order valence-electron chi connectivity index (χ1n) is 19.8. The molecule has 5 aromatic rings. The zero-order chi connectivity index (χ0) is 39.0. The minimum absolute atomic E-state index is 0.0392. The first kappa shape index (κ1) is 38.8. The summed E-state index contributed by atoms with van der Waals surface area (Å²) in [6, 6.07) is 33.6. The number of aliphatic hydroxyl groups is 1. The van der Waals surface area contributed by atoms with Crippen LogP contribution in [0.1, 0.15) is 88.6 Å². The van der Waals surface area contributed by atoms with Gasteiger partial charge in [0.15, 0.2) is 0 Å². The van der Waals surface area contributed by atoms with Gasteiger partial charge in [-0.05, 0) is 64.5 Å². The second-order valence-electron chi connectivity index (χ2n) is 17.5. The van der Waals surface area contributed by atoms with E-state index in [4.69, 9.17) is 9.52 Å². The van der Waals surface area contributed by atoms with Crippen LogP contribution in [0.5, 0.6) is 0 Å². The smallest absolute Gasteiger partial charge is 0.261 e. The number of nitrogens with one attached hydrogen (secondary N) is 1. The molecule has 0 saturated carbocycles. The fourth-order valence-electron chi connectivity index (χ4n) is 9.28. The van der Waals surface area contributed by atoms with Crippen molar-refractivity contribution in [3.05, 3.63) is 132 Å². The molecular formula is C46H57N5O3Si. The van der Waals surface area contributed by atoms with Crippen LogP contribution < -0.4 is 10.4 Å². The Morgan fingerprint density at radius 1 is 0.909 bits per heavy atom. The van der Waals surface area contributed by atoms with Gasteiger partial charge in [-0.3, -0.25) is 14.9 Å². The minimum Gasteiger partial charge on any atom is -0.398 e. The first-order valence-corrected chi connectivity index (χ1v) is 21.7. The maximum Gasteiger partial charge on any atom is 0.261 e. The summed E-state index contributed by atoms with van der Waals surface area (Å²) in [5.74, 6) is 0.699. The molecule has 2 saturated heterocycles. The Morgan fingerprint density at radius 2 is 1.51 bits per heavy atom. The second kappa shape index (κ2) is 15.3. The van der Waals surface area contributed by atoms with Crippen LogP contribution in [0.4, 0.5) is 0 Å². The van der Waals surface area contributed by atoms with Crippen LogP contribution in [-0.4, -0.2) is 84.1 Å². The van der Waals surface area contributed by atoms with Gasteiger partial charge >= 0.3 is 0 Å². The summed E-state index contributed by atoms with van der Waals surface area (Å²) in [6.45, 7) is 16.2. The number of aromatic nitrogens is 3. The number of hydrogen-bond donors (Lipinski definition) is 2. The van der Waals surface area contributed by atoms with Crippen molar-refractivity contribution >= 4 is 24.6 Å². The van der Waals surface area contributed by atoms with Gasteiger partial charge in [0, 0.05) is 66.7 Å². The highest BCUT2D eigenvalue weighted by Gasteiger charge is 2.55. The molecule has 2 aliphatic heterocycles. The van der Waals surface area contributed by atoms with Crippen molar-refractivity contribution in [3.8, 4) is 11.3 Å². The number of nitrogens with zero attached hydrogens (tertiary/aromatic N) is 4. The molecular weight excluding hydrogens is 699 g/mol. The number of aromatic amines is 1. The highest BCUT2D eigenvalue weighted by molar-refractivity contribution is 6.99. The number of carbonyl (C=O) groups is 1. The van der Waals surface area contributed by atoms with Gasteiger partial charge in [-0.1, -0.05) is 126 Å². The van der Waals surface area contributed by atoms with Gasteiger partial charge in [-0.15, -0.1) is 0 Å². The van der Waals surface area contributed by atoms with Gasteiger partial charge in [0.2, 0.25) is 5.91 Å². The molecule has 2 N–H and O–H groups in total. The van der Waals surface area contributed by atoms with E-state index in [1.165, 1.54) is 15.9 Å². The predicted molar refractivity (Wildman–Crippen MR) is 223 cm³/mol. The SMILES string of the molecule is CC(C)c1ccc([C@](O)(c2cncc(-c3cc(C4CCN(C(=O)CO[Si](c5ccccc5)(c5ccccc5)C(C)(C)C)CC4)[nH]n3)c2)C2(C)CN(C)C2)cc1. The van der Waals surface area contributed by atoms with E-state index in [9.17, 15) is 9.90 Å². The van der Waals surface area contributed by atoms with Gasteiger partial charge < -0.3 is 19.3 Å². The highest BCUT2D eigenvalue weighted by atomic mass is 28.4. The van der Waals surface area contributed by atoms with Crippen molar-refractivity contribution in [1.82, 2.24) is 25.0 Å². The van der Waals surface area contributed by atoms with E-state index in [1.807, 2.05) is 23.2 Å². The highest BCUT2D eigenvalue weighted by Crippen LogP contribution is 2.50. The Labute approximate surface area is 328 Å². The lowest BCUT2D eigenvalue weighted by Crippen LogP contribution is -2.67. The Hall–Kier alpha value is -4.41. The number of hydrogen-bond acceptors (Lipinski definition) is 6. The van der Waals surface area contributed by atoms with Crippen LogP contribution in [0.15, 0.2) is 109 Å². The maximum absolute atomic E-state index is 13.8. The number of benzene rings is 3. The van der Waals surface area contributed by atoms with Crippen molar-refractivity contribution in [2.45, 2.75) is 76.9 Å². The van der Waals surface area contributed by atoms with E-state index in [-0.39, 0.29) is 28.9 Å². The summed E-state index contributed by atoms with van der Waals surface area (Å²) in [4.78, 5) is 22.7. The topological polar surface area (TPSA) is 94.6 Å². The fraction of sp³-hybridized carbons (Fsp3) is 0.413. The molecule has 2 fully saturated rings. The predicted octanol–water partition coefficient (Wildman–Crippen LogP) is 7.07. The normalized spacial score (nSPS) is 17.9. The van der Waals surface area contributed by atoms with Crippen LogP contribution >= 0.6 is 0 Å². The number of amides is 1. The van der Waals surface area contributed by atoms with E-state index < -0.39 is 13.9 Å². The van der Waals surface area contributed by atoms with E-state index >= 15 is 0 Å². The molecule has 1 atom stereocenters. The number of likely N-dealkylation sites (tertiary alicyclic amines) is 2. The summed E-state index contributed by atoms with van der Waals surface area (Å²) in [6.07, 6.45) is 5.31. The van der Waals surface area contributed by atoms with Gasteiger partial charge in [0.1, 0.15) is 12.2 Å². The third-order valence-corrected chi connectivity index (χ3v) is 17.3. The fourth-order valence-corrected chi connectivity index (χ4v) is 13.8. The summed E-state index contributed by atoms with van der Waals surface area (Å²) < 4.78 is 6.96. The molecule has 8 nitrogen and oxygen atoms in total. The summed E-state index contributed by atoms with van der Waals surface area (Å²) in [7, 11) is -0.717. The molecule has 2 aliphatic rings. The molecule has 9 heteroatoms. The Balaban J connectivity index is 1.05. The molecule has 0 unspecified atom stereocenters. The average molecular weight is 756 g/mol. The quantitative estimate of drug-likeness (QED) is 0.140. The molecule has 3 aromatic carbocycles. The molecule has 55 heavy (non-hydrogen) atoms. The standard InChI is InChI=1S/C46H57N5O3Si/c1-33(2)34-18-20-37(21-19-34)46(53,45(6)31-50(7)32-45)38-26-36(28-47-29-38)42-27-41(48-49-42)35-22-24-51(25-23-35)43(52)30-54-55(44(3,4)5,39-14-10-8-11-15-39)40-16-12-9-13-17-40/h8-21,26-29,33,35,53H,22-25,30-32H2,1-7H3,(H,48,49)/t46-/m0/s1. The first-order chi connectivity index (χ1) is 26.2. The molecule has 0 aliphatic carbocycles. The zero-order valence-corrected chi connectivity index (χ0v) is 34.5. The average Bonchev–Trinajstić information content (AvgIpc) is 3.68. The number of rotatable bonds is 11. The maximum atomic E-state index is 13.8. The van der Waals surface area contributed by atoms with E-state index in [1.54, 1.807) is 6.20 Å². The number of piperidine rings is 1. The third-order valence-electron chi connectivity index (χ3n) is 12.3.